The summed E-state index contributed by atoms with van der Waals surface area (Å²) in [5.41, 5.74) is -11.7. The van der Waals surface area contributed by atoms with Crippen molar-refractivity contribution in [2.24, 2.45) is 11.3 Å². The first-order valence-corrected chi connectivity index (χ1v) is 10.7. The molecule has 232 valence electrons. The van der Waals surface area contributed by atoms with Gasteiger partial charge in [-0.1, -0.05) is 12.2 Å². The summed E-state index contributed by atoms with van der Waals surface area (Å²) in [5.74, 6) is 0.151. The van der Waals surface area contributed by atoms with Gasteiger partial charge in [-0.05, 0) is 32.6 Å². The van der Waals surface area contributed by atoms with Gasteiger partial charge >= 0.3 is 36.8 Å². The number of ether oxygens (including phenoxy) is 2. The maximum Gasteiger partial charge on any atom is 2.00 e. The van der Waals surface area contributed by atoms with Crippen LogP contribution in [0.2, 0.25) is 0 Å². The molecule has 0 saturated heterocycles. The van der Waals surface area contributed by atoms with E-state index in [1.165, 1.54) is 7.11 Å². The number of carbonyl (C=O) groups is 1. The summed E-state index contributed by atoms with van der Waals surface area (Å²) in [7, 11) is -9.04. The van der Waals surface area contributed by atoms with Crippen LogP contribution in [0.5, 0.6) is 0 Å². The summed E-state index contributed by atoms with van der Waals surface area (Å²) in [6.07, 6.45) is 6.08. The molecule has 0 unspecified atom stereocenters. The first-order chi connectivity index (χ1) is 13.5. The van der Waals surface area contributed by atoms with Crippen LogP contribution >= 0.6 is 0 Å². The van der Waals surface area contributed by atoms with Crippen LogP contribution in [0.1, 0.15) is 26.7 Å². The molecule has 0 aromatic heterocycles. The standard InChI is InChI=1S/C12H20O3.2CHF3O3S.5H3N.Os/c1-12(2,11(13)15-4)9-6-5-7-10(8-9)14-3;2*2-1(3,4)8(5,6)7;;;;;;/h5,7,9-10H,6,8H2,1-4H3;2*(H,5,6,7);5*1H3;/q;;;;;;;;+2/p-2/t9-,10-;;;;;;;;/m1......../s1. The van der Waals surface area contributed by atoms with Crippen LogP contribution in [0.25, 0.3) is 0 Å². The van der Waals surface area contributed by atoms with Gasteiger partial charge in [-0.15, -0.1) is 0 Å². The van der Waals surface area contributed by atoms with E-state index in [1.807, 2.05) is 13.8 Å². The molecule has 0 bridgehead atoms. The molecule has 2 atom stereocenters. The van der Waals surface area contributed by atoms with Gasteiger partial charge in [-0.2, -0.15) is 26.3 Å². The van der Waals surface area contributed by atoms with Crippen molar-refractivity contribution in [3.8, 4) is 0 Å². The van der Waals surface area contributed by atoms with E-state index in [4.69, 9.17) is 35.4 Å². The molecule has 23 heteroatoms. The Kier molecular flexibility index (Phi) is 31.8. The van der Waals surface area contributed by atoms with Crippen LogP contribution in [0.3, 0.4) is 0 Å². The zero-order valence-electron chi connectivity index (χ0n) is 20.4. The van der Waals surface area contributed by atoms with E-state index in [9.17, 15) is 31.1 Å². The van der Waals surface area contributed by atoms with E-state index in [0.717, 1.165) is 12.8 Å². The maximum absolute atomic E-state index is 11.6. The van der Waals surface area contributed by atoms with E-state index >= 15 is 0 Å². The second-order valence-electron chi connectivity index (χ2n) is 6.38. The minimum atomic E-state index is -6.09. The molecule has 0 saturated carbocycles. The summed E-state index contributed by atoms with van der Waals surface area (Å²) < 4.78 is 128. The summed E-state index contributed by atoms with van der Waals surface area (Å²) in [6.45, 7) is 3.88. The third-order valence-corrected chi connectivity index (χ3v) is 5.02. The fourth-order valence-electron chi connectivity index (χ4n) is 2.04. The van der Waals surface area contributed by atoms with Crippen molar-refractivity contribution in [3.05, 3.63) is 12.2 Å². The minimum Gasteiger partial charge on any atom is -0.741 e. The van der Waals surface area contributed by atoms with Crippen LogP contribution in [-0.4, -0.2) is 63.3 Å². The second kappa shape index (κ2) is 20.9. The Morgan fingerprint density at radius 3 is 1.35 bits per heavy atom. The molecule has 1 aliphatic rings. The third kappa shape index (κ3) is 20.6. The van der Waals surface area contributed by atoms with E-state index in [0.29, 0.717) is 5.92 Å². The van der Waals surface area contributed by atoms with Crippen molar-refractivity contribution < 1.29 is 86.3 Å². The fraction of sp³-hybridized carbons (Fsp3) is 0.786. The summed E-state index contributed by atoms with van der Waals surface area (Å²) in [5, 5.41) is 0. The Bertz CT molecular complexity index is 800. The normalized spacial score (nSPS) is 16.8. The Morgan fingerprint density at radius 1 is 0.838 bits per heavy atom. The average Bonchev–Trinajstić information content (AvgIpc) is 2.58. The largest absolute Gasteiger partial charge is 2.00 e. The van der Waals surface area contributed by atoms with Crippen LogP contribution in [0.15, 0.2) is 12.2 Å². The molecule has 0 fully saturated rings. The predicted octanol–water partition coefficient (Wildman–Crippen LogP) is 3.08. The second-order valence-corrected chi connectivity index (χ2v) is 9.13. The van der Waals surface area contributed by atoms with Crippen LogP contribution in [-0.2, 0) is 54.3 Å². The Balaban J connectivity index is -0.0000000563. The average molecular weight is 786 g/mol. The number of esters is 1. The minimum absolute atomic E-state index is 0. The molecule has 1 rings (SSSR count). The molecule has 0 amide bonds. The van der Waals surface area contributed by atoms with Crippen LogP contribution in [0.4, 0.5) is 26.3 Å². The molecule has 37 heavy (non-hydrogen) atoms. The number of hydrogen-bond acceptors (Lipinski definition) is 14. The smallest absolute Gasteiger partial charge is 0.741 e. The molecule has 1 aliphatic carbocycles. The van der Waals surface area contributed by atoms with Crippen molar-refractivity contribution in [1.29, 1.82) is 0 Å². The van der Waals surface area contributed by atoms with Crippen molar-refractivity contribution in [3.63, 3.8) is 0 Å². The molecule has 0 aromatic carbocycles. The van der Waals surface area contributed by atoms with E-state index in [2.05, 4.69) is 12.2 Å². The van der Waals surface area contributed by atoms with E-state index < -0.39 is 36.7 Å². The molecule has 15 N–H and O–H groups in total. The van der Waals surface area contributed by atoms with Gasteiger partial charge in [-0.3, -0.25) is 4.79 Å². The van der Waals surface area contributed by atoms with Gasteiger partial charge in [0.2, 0.25) is 0 Å². The molecular formula is C14H35F6N5O9OsS2. The quantitative estimate of drug-likeness (QED) is 0.0903. The van der Waals surface area contributed by atoms with Crippen molar-refractivity contribution in [2.75, 3.05) is 14.2 Å². The molecule has 0 spiro atoms. The van der Waals surface area contributed by atoms with Crippen LogP contribution < -0.4 is 30.8 Å². The topological polar surface area (TPSA) is 325 Å². The van der Waals surface area contributed by atoms with E-state index in [1.54, 1.807) is 7.11 Å². The first kappa shape index (κ1) is 56.3. The van der Waals surface area contributed by atoms with Gasteiger partial charge in [0.05, 0.1) is 18.6 Å². The third-order valence-electron chi connectivity index (χ3n) is 3.89. The zero-order chi connectivity index (χ0) is 25.5. The SMILES string of the molecule is COC(=O)C(C)(C)[C@@H]1CC=C[C@@H](OC)C1.N.N.N.N.N.O=S(=O)([O-])C(F)(F)F.O=S(=O)([O-])C(F)(F)F.[Os+2]. The Morgan fingerprint density at radius 2 is 1.14 bits per heavy atom. The number of alkyl halides is 6. The number of halogens is 6. The maximum atomic E-state index is 11.6. The fourth-order valence-corrected chi connectivity index (χ4v) is 2.04. The van der Waals surface area contributed by atoms with Gasteiger partial charge in [0, 0.05) is 7.11 Å². The summed E-state index contributed by atoms with van der Waals surface area (Å²) in [4.78, 5) is 11.6. The molecule has 14 nitrogen and oxygen atoms in total. The number of methoxy groups -OCH3 is 2. The molecule has 0 radical (unpaired) electrons. The number of rotatable bonds is 3. The van der Waals surface area contributed by atoms with Crippen molar-refractivity contribution >= 4 is 26.2 Å². The van der Waals surface area contributed by atoms with Gasteiger partial charge in [0.1, 0.15) is 0 Å². The van der Waals surface area contributed by atoms with Gasteiger partial charge in [0.25, 0.3) is 0 Å². The summed E-state index contributed by atoms with van der Waals surface area (Å²) >= 11 is 0. The molecule has 0 aliphatic heterocycles. The van der Waals surface area contributed by atoms with Gasteiger partial charge in [0.15, 0.2) is 20.2 Å². The molecule has 0 heterocycles. The molecular weight excluding hydrogens is 751 g/mol. The number of allylic oxidation sites excluding steroid dienone is 1. The van der Waals surface area contributed by atoms with Crippen molar-refractivity contribution in [1.82, 2.24) is 30.8 Å². The Labute approximate surface area is 224 Å². The summed E-state index contributed by atoms with van der Waals surface area (Å²) in [6, 6.07) is 0. The van der Waals surface area contributed by atoms with Gasteiger partial charge in [-0.25, -0.2) is 16.8 Å². The van der Waals surface area contributed by atoms with Crippen LogP contribution in [0, 0.1) is 11.3 Å². The number of carbonyl (C=O) groups excluding carboxylic acids is 1. The predicted molar refractivity (Wildman–Crippen MR) is 115 cm³/mol. The Hall–Kier alpha value is -0.994. The number of hydrogen-bond donors (Lipinski definition) is 5. The molecule has 0 aromatic rings. The first-order valence-electron chi connectivity index (χ1n) is 7.84. The van der Waals surface area contributed by atoms with Gasteiger partial charge < -0.3 is 49.3 Å². The van der Waals surface area contributed by atoms with E-state index in [-0.39, 0.29) is 62.6 Å². The monoisotopic (exact) mass is 787 g/mol. The zero-order valence-corrected chi connectivity index (χ0v) is 24.5. The van der Waals surface area contributed by atoms with Crippen molar-refractivity contribution in [2.45, 2.75) is 43.8 Å².